The summed E-state index contributed by atoms with van der Waals surface area (Å²) in [7, 11) is 0. The second-order valence-corrected chi connectivity index (χ2v) is 3.49. The third-order valence-corrected chi connectivity index (χ3v) is 2.21. The molecule has 1 aromatic heterocycles. The van der Waals surface area contributed by atoms with Gasteiger partial charge in [0.05, 0.1) is 12.6 Å². The maximum Gasteiger partial charge on any atom is 0.339 e. The lowest BCUT2D eigenvalue weighted by Gasteiger charge is -2.07. The van der Waals surface area contributed by atoms with E-state index in [2.05, 4.69) is 5.32 Å². The van der Waals surface area contributed by atoms with Crippen molar-refractivity contribution in [2.75, 3.05) is 0 Å². The Hall–Kier alpha value is -1.82. The molecular weight excluding hydrogens is 212 g/mol. The number of aryl methyl sites for hydroxylation is 1. The van der Waals surface area contributed by atoms with Gasteiger partial charge in [-0.1, -0.05) is 0 Å². The number of aromatic carboxylic acids is 1. The topological polar surface area (TPSA) is 106 Å². The Morgan fingerprint density at radius 2 is 2.25 bits per heavy atom. The molecule has 0 aromatic carbocycles. The third-order valence-electron chi connectivity index (χ3n) is 2.21. The molecule has 0 aliphatic carbocycles. The summed E-state index contributed by atoms with van der Waals surface area (Å²) in [5, 5.41) is 11.6. The van der Waals surface area contributed by atoms with Crippen LogP contribution < -0.4 is 11.1 Å². The molecule has 1 rings (SSSR count). The molecular formula is C10H14N2O4. The fraction of sp³-hybridized carbons (Fsp3) is 0.400. The molecule has 0 bridgehead atoms. The SMILES string of the molecule is Cc1oc(CNC(C)C(N)=O)cc1C(=O)O. The van der Waals surface area contributed by atoms with E-state index < -0.39 is 17.9 Å². The lowest BCUT2D eigenvalue weighted by molar-refractivity contribution is -0.119. The Bertz CT molecular complexity index is 411. The van der Waals surface area contributed by atoms with E-state index in [1.165, 1.54) is 6.07 Å². The summed E-state index contributed by atoms with van der Waals surface area (Å²) >= 11 is 0. The number of hydrogen-bond acceptors (Lipinski definition) is 4. The normalized spacial score (nSPS) is 12.4. The van der Waals surface area contributed by atoms with Gasteiger partial charge in [0.25, 0.3) is 0 Å². The van der Waals surface area contributed by atoms with Gasteiger partial charge in [-0.15, -0.1) is 0 Å². The number of nitrogens with two attached hydrogens (primary N) is 1. The number of nitrogens with one attached hydrogen (secondary N) is 1. The summed E-state index contributed by atoms with van der Waals surface area (Å²) in [5.74, 6) is -0.698. The molecule has 0 radical (unpaired) electrons. The van der Waals surface area contributed by atoms with E-state index in [0.717, 1.165) is 0 Å². The van der Waals surface area contributed by atoms with Crippen molar-refractivity contribution in [3.63, 3.8) is 0 Å². The van der Waals surface area contributed by atoms with Crippen LogP contribution in [-0.2, 0) is 11.3 Å². The van der Waals surface area contributed by atoms with E-state index in [0.29, 0.717) is 11.5 Å². The summed E-state index contributed by atoms with van der Waals surface area (Å²) < 4.78 is 5.21. The maximum atomic E-state index is 10.7. The van der Waals surface area contributed by atoms with E-state index >= 15 is 0 Å². The number of furan rings is 1. The molecule has 0 aliphatic rings. The molecule has 6 heteroatoms. The average Bonchev–Trinajstić information content (AvgIpc) is 2.56. The highest BCUT2D eigenvalue weighted by molar-refractivity contribution is 5.88. The smallest absolute Gasteiger partial charge is 0.339 e. The zero-order chi connectivity index (χ0) is 12.3. The highest BCUT2D eigenvalue weighted by Gasteiger charge is 2.14. The maximum absolute atomic E-state index is 10.7. The number of carboxylic acid groups (broad SMARTS) is 1. The van der Waals surface area contributed by atoms with Crippen LogP contribution in [0.5, 0.6) is 0 Å². The van der Waals surface area contributed by atoms with Gasteiger partial charge in [-0.05, 0) is 19.9 Å². The molecule has 1 unspecified atom stereocenters. The lowest BCUT2D eigenvalue weighted by atomic mass is 10.2. The zero-order valence-electron chi connectivity index (χ0n) is 9.11. The molecule has 88 valence electrons. The first kappa shape index (κ1) is 12.3. The molecule has 0 saturated carbocycles. The van der Waals surface area contributed by atoms with E-state index in [-0.39, 0.29) is 12.1 Å². The summed E-state index contributed by atoms with van der Waals surface area (Å²) in [6.07, 6.45) is 0. The van der Waals surface area contributed by atoms with Crippen molar-refractivity contribution in [3.05, 3.63) is 23.2 Å². The summed E-state index contributed by atoms with van der Waals surface area (Å²) in [6.45, 7) is 3.46. The van der Waals surface area contributed by atoms with Gasteiger partial charge in [0.2, 0.25) is 5.91 Å². The first-order chi connectivity index (χ1) is 7.41. The Kier molecular flexibility index (Phi) is 3.68. The van der Waals surface area contributed by atoms with Crippen LogP contribution in [0.15, 0.2) is 10.5 Å². The molecule has 16 heavy (non-hydrogen) atoms. The molecule has 0 fully saturated rings. The summed E-state index contributed by atoms with van der Waals surface area (Å²) in [4.78, 5) is 21.5. The Morgan fingerprint density at radius 3 is 2.69 bits per heavy atom. The van der Waals surface area contributed by atoms with Crippen molar-refractivity contribution in [3.8, 4) is 0 Å². The average molecular weight is 226 g/mol. The Labute approximate surface area is 92.4 Å². The van der Waals surface area contributed by atoms with Crippen LogP contribution in [-0.4, -0.2) is 23.0 Å². The van der Waals surface area contributed by atoms with Gasteiger partial charge in [0, 0.05) is 0 Å². The molecule has 1 aromatic rings. The number of rotatable bonds is 5. The summed E-state index contributed by atoms with van der Waals surface area (Å²) in [5.41, 5.74) is 5.19. The van der Waals surface area contributed by atoms with Gasteiger partial charge in [0.1, 0.15) is 17.1 Å². The van der Waals surface area contributed by atoms with E-state index in [1.807, 2.05) is 0 Å². The third kappa shape index (κ3) is 2.83. The largest absolute Gasteiger partial charge is 0.478 e. The van der Waals surface area contributed by atoms with Crippen molar-refractivity contribution >= 4 is 11.9 Å². The van der Waals surface area contributed by atoms with Crippen LogP contribution in [0.1, 0.15) is 28.8 Å². The standard InChI is InChI=1S/C10H14N2O4/c1-5(9(11)13)12-4-7-3-8(10(14)15)6(2)16-7/h3,5,12H,4H2,1-2H3,(H2,11,13)(H,14,15). The molecule has 6 nitrogen and oxygen atoms in total. The van der Waals surface area contributed by atoms with Gasteiger partial charge in [-0.3, -0.25) is 10.1 Å². The van der Waals surface area contributed by atoms with Crippen LogP contribution in [0.3, 0.4) is 0 Å². The van der Waals surface area contributed by atoms with Gasteiger partial charge >= 0.3 is 5.97 Å². The van der Waals surface area contributed by atoms with Crippen molar-refractivity contribution in [1.29, 1.82) is 0 Å². The van der Waals surface area contributed by atoms with Gasteiger partial charge in [0.15, 0.2) is 0 Å². The number of carboxylic acids is 1. The van der Waals surface area contributed by atoms with Crippen molar-refractivity contribution in [2.24, 2.45) is 5.73 Å². The lowest BCUT2D eigenvalue weighted by Crippen LogP contribution is -2.38. The first-order valence-corrected chi connectivity index (χ1v) is 4.77. The van der Waals surface area contributed by atoms with Gasteiger partial charge in [-0.25, -0.2) is 4.79 Å². The number of hydrogen-bond donors (Lipinski definition) is 3. The van der Waals surface area contributed by atoms with E-state index in [9.17, 15) is 9.59 Å². The molecule has 0 spiro atoms. The fourth-order valence-electron chi connectivity index (χ4n) is 1.20. The molecule has 1 atom stereocenters. The van der Waals surface area contributed by atoms with E-state index in [4.69, 9.17) is 15.3 Å². The van der Waals surface area contributed by atoms with E-state index in [1.54, 1.807) is 13.8 Å². The molecule has 1 heterocycles. The summed E-state index contributed by atoms with van der Waals surface area (Å²) in [6, 6.07) is 0.942. The van der Waals surface area contributed by atoms with Crippen LogP contribution in [0.25, 0.3) is 0 Å². The second-order valence-electron chi connectivity index (χ2n) is 3.49. The number of primary amides is 1. The van der Waals surface area contributed by atoms with Crippen molar-refractivity contribution in [2.45, 2.75) is 26.4 Å². The predicted molar refractivity (Wildman–Crippen MR) is 55.9 cm³/mol. The minimum absolute atomic E-state index is 0.128. The molecule has 4 N–H and O–H groups in total. The molecule has 0 aliphatic heterocycles. The Morgan fingerprint density at radius 1 is 1.62 bits per heavy atom. The number of amides is 1. The van der Waals surface area contributed by atoms with Gasteiger partial charge in [-0.2, -0.15) is 0 Å². The number of carbonyl (C=O) groups excluding carboxylic acids is 1. The predicted octanol–water partition coefficient (Wildman–Crippen LogP) is 0.250. The van der Waals surface area contributed by atoms with Crippen LogP contribution in [0.4, 0.5) is 0 Å². The highest BCUT2D eigenvalue weighted by atomic mass is 16.4. The van der Waals surface area contributed by atoms with Gasteiger partial charge < -0.3 is 15.3 Å². The Balaban J connectivity index is 2.65. The molecule has 0 saturated heterocycles. The minimum atomic E-state index is -1.03. The van der Waals surface area contributed by atoms with Crippen LogP contribution in [0.2, 0.25) is 0 Å². The fourth-order valence-corrected chi connectivity index (χ4v) is 1.20. The monoisotopic (exact) mass is 226 g/mol. The minimum Gasteiger partial charge on any atom is -0.478 e. The number of carbonyl (C=O) groups is 2. The quantitative estimate of drug-likeness (QED) is 0.667. The van der Waals surface area contributed by atoms with Crippen molar-refractivity contribution < 1.29 is 19.1 Å². The molecule has 1 amide bonds. The van der Waals surface area contributed by atoms with Crippen molar-refractivity contribution in [1.82, 2.24) is 5.32 Å². The van der Waals surface area contributed by atoms with Crippen LogP contribution >= 0.6 is 0 Å². The van der Waals surface area contributed by atoms with Crippen LogP contribution in [0, 0.1) is 6.92 Å². The first-order valence-electron chi connectivity index (χ1n) is 4.77. The zero-order valence-corrected chi connectivity index (χ0v) is 9.11. The second kappa shape index (κ2) is 4.80. The highest BCUT2D eigenvalue weighted by Crippen LogP contribution is 2.14.